The number of nitrogens with zero attached hydrogens (tertiary/aromatic N) is 5. The number of hydrogen-bond acceptors (Lipinski definition) is 6. The van der Waals surface area contributed by atoms with Crippen molar-refractivity contribution in [1.82, 2.24) is 24.6 Å². The molecule has 1 atom stereocenters. The van der Waals surface area contributed by atoms with Crippen molar-refractivity contribution in [3.63, 3.8) is 0 Å². The third kappa shape index (κ3) is 2.95. The average Bonchev–Trinajstić information content (AvgIpc) is 3.32. The van der Waals surface area contributed by atoms with Gasteiger partial charge in [0.15, 0.2) is 5.13 Å². The van der Waals surface area contributed by atoms with Crippen LogP contribution in [0.3, 0.4) is 0 Å². The zero-order chi connectivity index (χ0) is 16.5. The molecule has 0 bridgehead atoms. The first-order valence-corrected chi connectivity index (χ1v) is 9.46. The highest BCUT2D eigenvalue weighted by molar-refractivity contribution is 7.13. The van der Waals surface area contributed by atoms with E-state index < -0.39 is 0 Å². The summed E-state index contributed by atoms with van der Waals surface area (Å²) < 4.78 is 2.30. The Morgan fingerprint density at radius 3 is 2.92 bits per heavy atom. The molecule has 0 aliphatic carbocycles. The van der Waals surface area contributed by atoms with Crippen LogP contribution in [0.5, 0.6) is 0 Å². The van der Waals surface area contributed by atoms with Gasteiger partial charge in [-0.3, -0.25) is 9.69 Å². The van der Waals surface area contributed by atoms with Crippen molar-refractivity contribution in [1.29, 1.82) is 0 Å². The number of piperidine rings is 1. The molecule has 0 spiro atoms. The first-order chi connectivity index (χ1) is 11.7. The molecule has 1 N–H and O–H groups in total. The van der Waals surface area contributed by atoms with E-state index in [2.05, 4.69) is 30.0 Å². The average molecular weight is 346 g/mol. The van der Waals surface area contributed by atoms with Gasteiger partial charge in [0.1, 0.15) is 11.6 Å². The van der Waals surface area contributed by atoms with Gasteiger partial charge >= 0.3 is 0 Å². The predicted molar refractivity (Wildman–Crippen MR) is 92.1 cm³/mol. The van der Waals surface area contributed by atoms with E-state index in [1.54, 1.807) is 6.20 Å². The summed E-state index contributed by atoms with van der Waals surface area (Å²) in [4.78, 5) is 18.7. The maximum Gasteiger partial charge on any atom is 0.243 e. The summed E-state index contributed by atoms with van der Waals surface area (Å²) in [5.74, 6) is 2.78. The number of likely N-dealkylation sites (tertiary alicyclic amines) is 1. The molecule has 2 aromatic rings. The Kier molecular flexibility index (Phi) is 4.32. The largest absolute Gasteiger partial charge is 0.315 e. The topological polar surface area (TPSA) is 75.9 Å². The number of anilines is 1. The maximum atomic E-state index is 12.4. The molecule has 1 amide bonds. The minimum absolute atomic E-state index is 0.0202. The Morgan fingerprint density at radius 2 is 2.17 bits per heavy atom. The molecule has 8 heteroatoms. The Balaban J connectivity index is 1.34. The van der Waals surface area contributed by atoms with Gasteiger partial charge in [0.25, 0.3) is 0 Å². The summed E-state index contributed by atoms with van der Waals surface area (Å²) >= 11 is 1.45. The lowest BCUT2D eigenvalue weighted by Gasteiger charge is -2.34. The SMILES string of the molecule is C[C@H](C(=O)Nc1nccs1)N1CCC(c2nnc3n2CCC3)CC1. The summed E-state index contributed by atoms with van der Waals surface area (Å²) in [6, 6.07) is -0.140. The smallest absolute Gasteiger partial charge is 0.243 e. The van der Waals surface area contributed by atoms with Gasteiger partial charge in [0.2, 0.25) is 5.91 Å². The lowest BCUT2D eigenvalue weighted by Crippen LogP contribution is -2.46. The minimum Gasteiger partial charge on any atom is -0.315 e. The molecule has 1 saturated heterocycles. The number of fused-ring (bicyclic) bond motifs is 1. The van der Waals surface area contributed by atoms with Gasteiger partial charge in [-0.1, -0.05) is 0 Å². The number of hydrogen-bond donors (Lipinski definition) is 1. The van der Waals surface area contributed by atoms with Crippen LogP contribution in [-0.2, 0) is 17.8 Å². The van der Waals surface area contributed by atoms with Crippen LogP contribution in [0.1, 0.15) is 43.8 Å². The molecule has 4 rings (SSSR count). The molecule has 0 aromatic carbocycles. The van der Waals surface area contributed by atoms with Crippen molar-refractivity contribution in [2.75, 3.05) is 18.4 Å². The van der Waals surface area contributed by atoms with Crippen LogP contribution in [0.4, 0.5) is 5.13 Å². The number of carbonyl (C=O) groups excluding carboxylic acids is 1. The van der Waals surface area contributed by atoms with E-state index in [0.717, 1.165) is 50.5 Å². The number of rotatable bonds is 4. The number of aryl methyl sites for hydroxylation is 1. The molecular formula is C16H22N6OS. The Morgan fingerprint density at radius 1 is 1.33 bits per heavy atom. The fourth-order valence-electron chi connectivity index (χ4n) is 3.68. The molecule has 2 aliphatic heterocycles. The van der Waals surface area contributed by atoms with Gasteiger partial charge in [-0.15, -0.1) is 21.5 Å². The highest BCUT2D eigenvalue weighted by Crippen LogP contribution is 2.30. The summed E-state index contributed by atoms with van der Waals surface area (Å²) in [5, 5.41) is 14.2. The molecule has 0 radical (unpaired) electrons. The summed E-state index contributed by atoms with van der Waals surface area (Å²) in [6.45, 7) is 4.86. The van der Waals surface area contributed by atoms with Gasteiger partial charge < -0.3 is 9.88 Å². The van der Waals surface area contributed by atoms with Crippen LogP contribution in [0.15, 0.2) is 11.6 Å². The molecule has 0 saturated carbocycles. The van der Waals surface area contributed by atoms with Crippen molar-refractivity contribution in [3.8, 4) is 0 Å². The molecular weight excluding hydrogens is 324 g/mol. The molecule has 24 heavy (non-hydrogen) atoms. The maximum absolute atomic E-state index is 12.4. The van der Waals surface area contributed by atoms with E-state index in [4.69, 9.17) is 0 Å². The third-order valence-corrected chi connectivity index (χ3v) is 5.81. The first kappa shape index (κ1) is 15.7. The number of carbonyl (C=O) groups is 1. The highest BCUT2D eigenvalue weighted by Gasteiger charge is 2.31. The van der Waals surface area contributed by atoms with E-state index in [0.29, 0.717) is 11.0 Å². The zero-order valence-electron chi connectivity index (χ0n) is 13.8. The van der Waals surface area contributed by atoms with Crippen molar-refractivity contribution in [2.24, 2.45) is 0 Å². The second-order valence-corrected chi connectivity index (χ2v) is 7.44. The number of amides is 1. The van der Waals surface area contributed by atoms with Crippen LogP contribution in [0, 0.1) is 0 Å². The second-order valence-electron chi connectivity index (χ2n) is 6.54. The van der Waals surface area contributed by atoms with Crippen molar-refractivity contribution >= 4 is 22.4 Å². The summed E-state index contributed by atoms with van der Waals surface area (Å²) in [6.07, 6.45) is 6.01. The van der Waals surface area contributed by atoms with Crippen LogP contribution in [-0.4, -0.2) is 49.7 Å². The predicted octanol–water partition coefficient (Wildman–Crippen LogP) is 1.89. The zero-order valence-corrected chi connectivity index (χ0v) is 14.6. The third-order valence-electron chi connectivity index (χ3n) is 5.12. The monoisotopic (exact) mass is 346 g/mol. The highest BCUT2D eigenvalue weighted by atomic mass is 32.1. The van der Waals surface area contributed by atoms with E-state index in [1.165, 1.54) is 17.8 Å². The Labute approximate surface area is 145 Å². The standard InChI is InChI=1S/C16H22N6OS/c1-11(15(23)18-16-17-6-10-24-16)21-8-4-12(5-9-21)14-20-19-13-3-2-7-22(13)14/h6,10-12H,2-5,7-9H2,1H3,(H,17,18,23)/t11-/m1/s1. The van der Waals surface area contributed by atoms with Crippen LogP contribution in [0.25, 0.3) is 0 Å². The Hall–Kier alpha value is -1.80. The summed E-state index contributed by atoms with van der Waals surface area (Å²) in [5.41, 5.74) is 0. The number of nitrogens with one attached hydrogen (secondary N) is 1. The van der Waals surface area contributed by atoms with Crippen LogP contribution in [0.2, 0.25) is 0 Å². The molecule has 1 fully saturated rings. The normalized spacial score (nSPS) is 20.0. The van der Waals surface area contributed by atoms with Crippen molar-refractivity contribution < 1.29 is 4.79 Å². The number of thiazole rings is 1. The number of aromatic nitrogens is 4. The van der Waals surface area contributed by atoms with E-state index in [9.17, 15) is 4.79 Å². The first-order valence-electron chi connectivity index (χ1n) is 8.59. The molecule has 4 heterocycles. The fraction of sp³-hybridized carbons (Fsp3) is 0.625. The van der Waals surface area contributed by atoms with E-state index in [1.807, 2.05) is 12.3 Å². The lowest BCUT2D eigenvalue weighted by molar-refractivity contribution is -0.121. The van der Waals surface area contributed by atoms with Gasteiger partial charge in [0.05, 0.1) is 6.04 Å². The molecule has 0 unspecified atom stereocenters. The Bertz CT molecular complexity index is 704. The van der Waals surface area contributed by atoms with Gasteiger partial charge in [-0.25, -0.2) is 4.98 Å². The molecule has 7 nitrogen and oxygen atoms in total. The van der Waals surface area contributed by atoms with E-state index in [-0.39, 0.29) is 11.9 Å². The van der Waals surface area contributed by atoms with Crippen molar-refractivity contribution in [3.05, 3.63) is 23.2 Å². The van der Waals surface area contributed by atoms with Crippen LogP contribution < -0.4 is 5.32 Å². The second kappa shape index (κ2) is 6.60. The van der Waals surface area contributed by atoms with E-state index >= 15 is 0 Å². The van der Waals surface area contributed by atoms with Crippen LogP contribution >= 0.6 is 11.3 Å². The van der Waals surface area contributed by atoms with Crippen molar-refractivity contribution in [2.45, 2.75) is 51.1 Å². The molecule has 128 valence electrons. The lowest BCUT2D eigenvalue weighted by atomic mass is 9.95. The summed E-state index contributed by atoms with van der Waals surface area (Å²) in [7, 11) is 0. The van der Waals surface area contributed by atoms with Gasteiger partial charge in [-0.2, -0.15) is 0 Å². The molecule has 2 aromatic heterocycles. The minimum atomic E-state index is -0.140. The van der Waals surface area contributed by atoms with Gasteiger partial charge in [-0.05, 0) is 39.3 Å². The molecule has 2 aliphatic rings. The fourth-order valence-corrected chi connectivity index (χ4v) is 4.21. The quantitative estimate of drug-likeness (QED) is 0.915. The van der Waals surface area contributed by atoms with Gasteiger partial charge in [0, 0.05) is 30.5 Å².